The molecule has 0 aromatic heterocycles. The molecular formula is C20H18N2O4S. The second-order valence-electron chi connectivity index (χ2n) is 5.79. The number of sulfonamides is 1. The van der Waals surface area contributed by atoms with Crippen LogP contribution in [0, 0.1) is 6.92 Å². The first-order valence-corrected chi connectivity index (χ1v) is 9.63. The number of amides is 1. The van der Waals surface area contributed by atoms with Gasteiger partial charge < -0.3 is 10.1 Å². The highest BCUT2D eigenvalue weighted by molar-refractivity contribution is 7.92. The van der Waals surface area contributed by atoms with Gasteiger partial charge in [-0.3, -0.25) is 9.52 Å². The number of carbonyl (C=O) groups excluding carboxylic acids is 1. The summed E-state index contributed by atoms with van der Waals surface area (Å²) in [6.07, 6.45) is 0.500. The molecule has 0 atom stereocenters. The Balaban J connectivity index is 1.78. The number of aryl methyl sites for hydroxylation is 1. The van der Waals surface area contributed by atoms with Crippen molar-refractivity contribution in [2.24, 2.45) is 0 Å². The minimum absolute atomic E-state index is 0.0963. The van der Waals surface area contributed by atoms with Crippen LogP contribution in [0.3, 0.4) is 0 Å². The summed E-state index contributed by atoms with van der Waals surface area (Å²) in [6.45, 7) is 1.69. The van der Waals surface area contributed by atoms with Gasteiger partial charge in [0.15, 0.2) is 0 Å². The van der Waals surface area contributed by atoms with Crippen molar-refractivity contribution in [3.63, 3.8) is 0 Å². The van der Waals surface area contributed by atoms with Crippen molar-refractivity contribution in [2.45, 2.75) is 11.8 Å². The van der Waals surface area contributed by atoms with Crippen LogP contribution in [-0.2, 0) is 14.8 Å². The Hall–Kier alpha value is -3.32. The first-order chi connectivity index (χ1) is 13.0. The smallest absolute Gasteiger partial charge is 0.262 e. The fraction of sp³-hybridized carbons (Fsp3) is 0.0500. The topological polar surface area (TPSA) is 84.5 Å². The number of hydrogen-bond acceptors (Lipinski definition) is 4. The fourth-order valence-corrected chi connectivity index (χ4v) is 3.80. The summed E-state index contributed by atoms with van der Waals surface area (Å²) in [6, 6.07) is 20.6. The van der Waals surface area contributed by atoms with Crippen LogP contribution in [0.15, 0.2) is 77.7 Å². The number of carbonyl (C=O) groups is 1. The van der Waals surface area contributed by atoms with Gasteiger partial charge >= 0.3 is 0 Å². The molecule has 0 spiro atoms. The largest absolute Gasteiger partial charge is 0.457 e. The molecule has 0 saturated carbocycles. The van der Waals surface area contributed by atoms with Gasteiger partial charge in [0.05, 0.1) is 4.90 Å². The summed E-state index contributed by atoms with van der Waals surface area (Å²) < 4.78 is 33.6. The molecule has 0 fully saturated rings. The highest BCUT2D eigenvalue weighted by Gasteiger charge is 2.17. The Kier molecular flexibility index (Phi) is 5.42. The highest BCUT2D eigenvalue weighted by Crippen LogP contribution is 2.26. The van der Waals surface area contributed by atoms with E-state index in [0.717, 1.165) is 0 Å². The summed E-state index contributed by atoms with van der Waals surface area (Å²) in [5, 5.41) is 2.45. The van der Waals surface area contributed by atoms with E-state index < -0.39 is 10.0 Å². The predicted molar refractivity (Wildman–Crippen MR) is 105 cm³/mol. The lowest BCUT2D eigenvalue weighted by atomic mass is 10.2. The average Bonchev–Trinajstić information content (AvgIpc) is 2.66. The van der Waals surface area contributed by atoms with Gasteiger partial charge in [-0.05, 0) is 61.0 Å². The van der Waals surface area contributed by atoms with Gasteiger partial charge in [-0.25, -0.2) is 8.42 Å². The first kappa shape index (κ1) is 18.5. The van der Waals surface area contributed by atoms with Crippen LogP contribution < -0.4 is 14.8 Å². The molecule has 0 saturated heterocycles. The van der Waals surface area contributed by atoms with Crippen molar-refractivity contribution in [2.75, 3.05) is 10.0 Å². The van der Waals surface area contributed by atoms with E-state index >= 15 is 0 Å². The molecule has 0 unspecified atom stereocenters. The van der Waals surface area contributed by atoms with Crippen LogP contribution >= 0.6 is 0 Å². The van der Waals surface area contributed by atoms with Gasteiger partial charge in [0.25, 0.3) is 10.0 Å². The van der Waals surface area contributed by atoms with Gasteiger partial charge in [-0.15, -0.1) is 0 Å². The monoisotopic (exact) mass is 382 g/mol. The third-order valence-electron chi connectivity index (χ3n) is 3.79. The van der Waals surface area contributed by atoms with Gasteiger partial charge in [-0.2, -0.15) is 0 Å². The molecule has 0 aliphatic carbocycles. The Morgan fingerprint density at radius 3 is 2.15 bits per heavy atom. The Morgan fingerprint density at radius 2 is 1.48 bits per heavy atom. The average molecular weight is 382 g/mol. The van der Waals surface area contributed by atoms with Crippen LogP contribution in [0.2, 0.25) is 0 Å². The summed E-state index contributed by atoms with van der Waals surface area (Å²) in [7, 11) is -3.80. The van der Waals surface area contributed by atoms with Gasteiger partial charge in [0.1, 0.15) is 11.5 Å². The first-order valence-electron chi connectivity index (χ1n) is 8.14. The second-order valence-corrected chi connectivity index (χ2v) is 7.44. The predicted octanol–water partition coefficient (Wildman–Crippen LogP) is 4.16. The molecule has 3 aromatic rings. The third-order valence-corrected chi connectivity index (χ3v) is 5.31. The lowest BCUT2D eigenvalue weighted by molar-refractivity contribution is -0.105. The van der Waals surface area contributed by atoms with Crippen LogP contribution in [0.4, 0.5) is 11.4 Å². The van der Waals surface area contributed by atoms with Crippen molar-refractivity contribution in [3.8, 4) is 11.5 Å². The van der Waals surface area contributed by atoms with E-state index in [1.165, 1.54) is 6.07 Å². The molecular weight excluding hydrogens is 364 g/mol. The SMILES string of the molecule is Cc1ccc(NC=O)cc1S(=O)(=O)Nc1ccc(Oc2ccccc2)cc1. The molecule has 7 heteroatoms. The Bertz CT molecular complexity index is 1030. The fourth-order valence-electron chi connectivity index (χ4n) is 2.47. The standard InChI is InChI=1S/C20H18N2O4S/c1-15-7-8-17(21-14-23)13-20(15)27(24,25)22-16-9-11-19(12-10-16)26-18-5-3-2-4-6-18/h2-14,22H,1H3,(H,21,23). The lowest BCUT2D eigenvalue weighted by Gasteiger charge is -2.12. The normalized spacial score (nSPS) is 10.9. The molecule has 1 amide bonds. The van der Waals surface area contributed by atoms with E-state index in [-0.39, 0.29) is 4.90 Å². The number of rotatable bonds is 7. The minimum Gasteiger partial charge on any atom is -0.457 e. The summed E-state index contributed by atoms with van der Waals surface area (Å²) in [4.78, 5) is 10.7. The molecule has 0 aliphatic rings. The quantitative estimate of drug-likeness (QED) is 0.601. The molecule has 27 heavy (non-hydrogen) atoms. The van der Waals surface area contributed by atoms with Crippen LogP contribution in [0.5, 0.6) is 11.5 Å². The molecule has 3 rings (SSSR count). The van der Waals surface area contributed by atoms with Crippen molar-refractivity contribution in [1.82, 2.24) is 0 Å². The maximum atomic E-state index is 12.7. The van der Waals surface area contributed by atoms with E-state index in [2.05, 4.69) is 10.0 Å². The molecule has 0 aliphatic heterocycles. The number of benzene rings is 3. The second kappa shape index (κ2) is 7.92. The summed E-state index contributed by atoms with van der Waals surface area (Å²) >= 11 is 0. The Labute approximate surface area is 157 Å². The van der Waals surface area contributed by atoms with Crippen molar-refractivity contribution < 1.29 is 17.9 Å². The minimum atomic E-state index is -3.80. The van der Waals surface area contributed by atoms with E-state index in [1.54, 1.807) is 43.3 Å². The van der Waals surface area contributed by atoms with Gasteiger partial charge in [0, 0.05) is 11.4 Å². The maximum absolute atomic E-state index is 12.7. The van der Waals surface area contributed by atoms with Crippen LogP contribution in [0.25, 0.3) is 0 Å². The highest BCUT2D eigenvalue weighted by atomic mass is 32.2. The number of ether oxygens (including phenoxy) is 1. The number of anilines is 2. The van der Waals surface area contributed by atoms with Crippen LogP contribution in [0.1, 0.15) is 5.56 Å². The molecule has 0 bridgehead atoms. The molecule has 3 aromatic carbocycles. The molecule has 6 nitrogen and oxygen atoms in total. The van der Waals surface area contributed by atoms with Crippen molar-refractivity contribution >= 4 is 27.8 Å². The van der Waals surface area contributed by atoms with E-state index in [0.29, 0.717) is 34.8 Å². The molecule has 2 N–H and O–H groups in total. The van der Waals surface area contributed by atoms with Crippen LogP contribution in [-0.4, -0.2) is 14.8 Å². The third kappa shape index (κ3) is 4.65. The molecule has 0 radical (unpaired) electrons. The van der Waals surface area contributed by atoms with Gasteiger partial charge in [0.2, 0.25) is 6.41 Å². The van der Waals surface area contributed by atoms with Gasteiger partial charge in [-0.1, -0.05) is 24.3 Å². The van der Waals surface area contributed by atoms with E-state index in [9.17, 15) is 13.2 Å². The number of hydrogen-bond donors (Lipinski definition) is 2. The van der Waals surface area contributed by atoms with E-state index in [1.807, 2.05) is 30.3 Å². The number of para-hydroxylation sites is 1. The lowest BCUT2D eigenvalue weighted by Crippen LogP contribution is -2.14. The van der Waals surface area contributed by atoms with Crippen molar-refractivity contribution in [1.29, 1.82) is 0 Å². The molecule has 138 valence electrons. The van der Waals surface area contributed by atoms with Crippen molar-refractivity contribution in [3.05, 3.63) is 78.4 Å². The maximum Gasteiger partial charge on any atom is 0.262 e. The molecule has 0 heterocycles. The number of nitrogens with one attached hydrogen (secondary N) is 2. The Morgan fingerprint density at radius 1 is 0.852 bits per heavy atom. The summed E-state index contributed by atoms with van der Waals surface area (Å²) in [5.41, 5.74) is 1.38. The zero-order valence-corrected chi connectivity index (χ0v) is 15.4. The zero-order valence-electron chi connectivity index (χ0n) is 14.5. The summed E-state index contributed by atoms with van der Waals surface area (Å²) in [5.74, 6) is 1.29. The van der Waals surface area contributed by atoms with E-state index in [4.69, 9.17) is 4.74 Å². The zero-order chi connectivity index (χ0) is 19.3.